The van der Waals surface area contributed by atoms with Crippen LogP contribution in [-0.4, -0.2) is 58.9 Å². The topological polar surface area (TPSA) is 136 Å². The first-order valence-corrected chi connectivity index (χ1v) is 16.8. The van der Waals surface area contributed by atoms with Crippen molar-refractivity contribution in [2.24, 2.45) is 5.92 Å². The smallest absolute Gasteiger partial charge is 0.331 e. The predicted molar refractivity (Wildman–Crippen MR) is 174 cm³/mol. The first-order chi connectivity index (χ1) is 21.6. The molecule has 0 radical (unpaired) electrons. The number of benzene rings is 2. The van der Waals surface area contributed by atoms with Gasteiger partial charge in [0.1, 0.15) is 18.0 Å². The highest BCUT2D eigenvalue weighted by atomic mass is 35.5. The van der Waals surface area contributed by atoms with Crippen LogP contribution in [0.5, 0.6) is 0 Å². The third kappa shape index (κ3) is 7.83. The van der Waals surface area contributed by atoms with Gasteiger partial charge in [0.2, 0.25) is 0 Å². The predicted octanol–water partition coefficient (Wildman–Crippen LogP) is 6.49. The number of aliphatic carboxylic acids is 1. The van der Waals surface area contributed by atoms with Crippen LogP contribution >= 0.6 is 23.2 Å². The number of carboxylic acid groups (broad SMARTS) is 1. The molecule has 1 aliphatic carbocycles. The summed E-state index contributed by atoms with van der Waals surface area (Å²) in [5.41, 5.74) is -0.689. The van der Waals surface area contributed by atoms with Crippen LogP contribution in [0.1, 0.15) is 50.3 Å². The second-order valence-electron chi connectivity index (χ2n) is 12.1. The summed E-state index contributed by atoms with van der Waals surface area (Å²) in [6.45, 7) is 6.02. The van der Waals surface area contributed by atoms with E-state index in [1.807, 2.05) is 13.8 Å². The van der Waals surface area contributed by atoms with Crippen LogP contribution < -0.4 is 0 Å². The van der Waals surface area contributed by atoms with Crippen molar-refractivity contribution >= 4 is 50.6 Å². The lowest BCUT2D eigenvalue weighted by molar-refractivity contribution is -0.141. The lowest BCUT2D eigenvalue weighted by atomic mass is 9.83. The highest BCUT2D eigenvalue weighted by molar-refractivity contribution is 7.94. The number of sulfone groups is 1. The number of aliphatic hydroxyl groups is 1. The van der Waals surface area contributed by atoms with Crippen LogP contribution in [0.25, 0.3) is 11.3 Å². The van der Waals surface area contributed by atoms with E-state index >= 15 is 8.78 Å². The quantitative estimate of drug-likeness (QED) is 0.180. The maximum Gasteiger partial charge on any atom is 0.331 e. The van der Waals surface area contributed by atoms with Crippen molar-refractivity contribution < 1.29 is 41.7 Å². The molecular weight excluding hydrogens is 677 g/mol. The molecule has 1 heterocycles. The summed E-state index contributed by atoms with van der Waals surface area (Å²) in [6.07, 6.45) is 4.95. The zero-order valence-corrected chi connectivity index (χ0v) is 28.3. The van der Waals surface area contributed by atoms with Crippen molar-refractivity contribution in [1.82, 2.24) is 9.55 Å². The number of allylic oxidation sites excluding steroid dienone is 2. The molecule has 1 aromatic heterocycles. The number of aromatic nitrogens is 2. The van der Waals surface area contributed by atoms with Crippen molar-refractivity contribution in [3.63, 3.8) is 0 Å². The van der Waals surface area contributed by atoms with Gasteiger partial charge in [0.15, 0.2) is 9.84 Å². The summed E-state index contributed by atoms with van der Waals surface area (Å²) < 4.78 is 62.3. The Morgan fingerprint density at radius 3 is 2.19 bits per heavy atom. The summed E-state index contributed by atoms with van der Waals surface area (Å²) in [5, 5.41) is 20.4. The molecule has 14 heteroatoms. The molecular formula is C33H32Cl2F2N2O7S. The zero-order valence-electron chi connectivity index (χ0n) is 26.0. The van der Waals surface area contributed by atoms with E-state index in [0.29, 0.717) is 51.0 Å². The van der Waals surface area contributed by atoms with E-state index in [-0.39, 0.29) is 11.1 Å². The van der Waals surface area contributed by atoms with Gasteiger partial charge in [-0.15, -0.1) is 0 Å². The minimum atomic E-state index is -4.07. The standard InChI is InChI=1S/C33H32Cl2F2N2O7S/c1-31(2,29-24(34)7-6-8-25(29)35)30-38-26(32(3,4)43)17-39(30)20-11-9-19(10-12-20)22-15-21(47(5,44)45)16-33(36,37)23(22)18-46-28(42)14-13-27(40)41/h6-17,23,43H,18H2,1-5H3,(H,40,41). The monoisotopic (exact) mass is 708 g/mol. The lowest BCUT2D eigenvalue weighted by Gasteiger charge is -2.31. The van der Waals surface area contributed by atoms with Crippen molar-refractivity contribution in [3.05, 3.63) is 111 Å². The van der Waals surface area contributed by atoms with E-state index in [4.69, 9.17) is 38.0 Å². The summed E-state index contributed by atoms with van der Waals surface area (Å²) in [5.74, 6) is -7.68. The zero-order chi connectivity index (χ0) is 35.1. The summed E-state index contributed by atoms with van der Waals surface area (Å²) in [7, 11) is -4.07. The number of alkyl halides is 2. The largest absolute Gasteiger partial charge is 0.478 e. The first kappa shape index (κ1) is 36.0. The molecule has 0 saturated carbocycles. The van der Waals surface area contributed by atoms with Gasteiger partial charge in [-0.2, -0.15) is 0 Å². The van der Waals surface area contributed by atoms with Gasteiger partial charge in [0.05, 0.1) is 21.9 Å². The Labute approximate surface area is 280 Å². The Morgan fingerprint density at radius 1 is 1.06 bits per heavy atom. The van der Waals surface area contributed by atoms with Crippen LogP contribution in [0.15, 0.2) is 77.9 Å². The third-order valence-electron chi connectivity index (χ3n) is 7.61. The minimum Gasteiger partial charge on any atom is -0.478 e. The van der Waals surface area contributed by atoms with Crippen LogP contribution in [0, 0.1) is 5.92 Å². The number of ether oxygens (including phenoxy) is 1. The molecule has 9 nitrogen and oxygen atoms in total. The van der Waals surface area contributed by atoms with Gasteiger partial charge in [0, 0.05) is 52.0 Å². The number of halogens is 4. The Hall–Kier alpha value is -3.84. The minimum absolute atomic E-state index is 0.120. The van der Waals surface area contributed by atoms with Gasteiger partial charge in [0.25, 0.3) is 5.92 Å². The Bertz CT molecular complexity index is 1900. The first-order valence-electron chi connectivity index (χ1n) is 14.1. The fourth-order valence-corrected chi connectivity index (χ4v) is 6.76. The van der Waals surface area contributed by atoms with Gasteiger partial charge in [-0.3, -0.25) is 0 Å². The average Bonchev–Trinajstić information content (AvgIpc) is 3.42. The lowest BCUT2D eigenvalue weighted by Crippen LogP contribution is -2.35. The molecule has 1 aliphatic rings. The molecule has 0 amide bonds. The molecule has 0 fully saturated rings. The second-order valence-corrected chi connectivity index (χ2v) is 14.9. The van der Waals surface area contributed by atoms with Gasteiger partial charge in [-0.1, -0.05) is 41.4 Å². The summed E-state index contributed by atoms with van der Waals surface area (Å²) in [4.78, 5) is 26.9. The number of esters is 1. The molecule has 0 saturated heterocycles. The number of imidazole rings is 1. The highest BCUT2D eigenvalue weighted by Gasteiger charge is 2.45. The molecule has 0 spiro atoms. The van der Waals surface area contributed by atoms with Gasteiger partial charge < -0.3 is 19.5 Å². The van der Waals surface area contributed by atoms with E-state index in [0.717, 1.165) is 12.3 Å². The number of nitrogens with zero attached hydrogens (tertiary/aromatic N) is 2. The number of carbonyl (C=O) groups is 2. The fraction of sp³-hybridized carbons (Fsp3) is 0.303. The SMILES string of the molecule is CC(C)(O)c1cn(-c2ccc(C3=CC(S(C)(=O)=O)=CC(F)(F)C3COC(=O)C=CC(=O)O)cc2)c(C(C)(C)c2c(Cl)cccc2Cl)n1. The molecule has 0 aliphatic heterocycles. The van der Waals surface area contributed by atoms with E-state index in [9.17, 15) is 23.1 Å². The molecule has 47 heavy (non-hydrogen) atoms. The van der Waals surface area contributed by atoms with Crippen molar-refractivity contribution in [2.75, 3.05) is 12.9 Å². The summed E-state index contributed by atoms with van der Waals surface area (Å²) in [6, 6.07) is 11.3. The molecule has 2 aromatic carbocycles. The molecule has 1 unspecified atom stereocenters. The molecule has 3 aromatic rings. The molecule has 250 valence electrons. The maximum atomic E-state index is 15.5. The van der Waals surface area contributed by atoms with Gasteiger partial charge >= 0.3 is 11.9 Å². The van der Waals surface area contributed by atoms with Crippen LogP contribution in [-0.2, 0) is 35.2 Å². The molecule has 4 rings (SSSR count). The van der Waals surface area contributed by atoms with E-state index in [2.05, 4.69) is 0 Å². The normalized spacial score (nSPS) is 16.9. The van der Waals surface area contributed by atoms with Crippen LogP contribution in [0.4, 0.5) is 8.78 Å². The van der Waals surface area contributed by atoms with E-state index < -0.39 is 56.1 Å². The Balaban J connectivity index is 1.82. The number of carbonyl (C=O) groups excluding carboxylic acids is 1. The molecule has 0 bridgehead atoms. The molecule has 2 N–H and O–H groups in total. The number of carboxylic acids is 1. The van der Waals surface area contributed by atoms with Crippen molar-refractivity contribution in [1.29, 1.82) is 0 Å². The maximum absolute atomic E-state index is 15.5. The second kappa shape index (κ2) is 13.0. The fourth-order valence-electron chi connectivity index (χ4n) is 5.18. The average molecular weight is 710 g/mol. The van der Waals surface area contributed by atoms with E-state index in [1.54, 1.807) is 54.9 Å². The van der Waals surface area contributed by atoms with Crippen molar-refractivity contribution in [3.8, 4) is 5.69 Å². The number of hydrogen-bond acceptors (Lipinski definition) is 7. The Morgan fingerprint density at radius 2 is 1.66 bits per heavy atom. The van der Waals surface area contributed by atoms with Crippen LogP contribution in [0.3, 0.4) is 0 Å². The highest BCUT2D eigenvalue weighted by Crippen LogP contribution is 2.44. The van der Waals surface area contributed by atoms with Crippen molar-refractivity contribution in [2.45, 2.75) is 44.6 Å². The van der Waals surface area contributed by atoms with Gasteiger partial charge in [-0.25, -0.2) is 31.8 Å². The third-order valence-corrected chi connectivity index (χ3v) is 9.34. The van der Waals surface area contributed by atoms with Gasteiger partial charge in [-0.05, 0) is 69.2 Å². The van der Waals surface area contributed by atoms with E-state index in [1.165, 1.54) is 12.1 Å². The Kier molecular flexibility index (Phi) is 9.95. The number of rotatable bonds is 10. The molecule has 1 atom stereocenters. The summed E-state index contributed by atoms with van der Waals surface area (Å²) >= 11 is 13.2. The number of hydrogen-bond donors (Lipinski definition) is 2. The van der Waals surface area contributed by atoms with Crippen LogP contribution in [0.2, 0.25) is 10.0 Å².